The van der Waals surface area contributed by atoms with Crippen LogP contribution in [0.15, 0.2) is 24.3 Å². The molecule has 5 nitrogen and oxygen atoms in total. The minimum atomic E-state index is -0.431. The fourth-order valence-electron chi connectivity index (χ4n) is 3.84. The maximum atomic E-state index is 12.3. The Morgan fingerprint density at radius 1 is 1.15 bits per heavy atom. The number of carbonyl (C=O) groups is 1. The summed E-state index contributed by atoms with van der Waals surface area (Å²) in [5, 5.41) is 2.99. The van der Waals surface area contributed by atoms with Crippen LogP contribution in [0.5, 0.6) is 0 Å². The molecule has 0 bridgehead atoms. The SMILES string of the molecule is CC1CCN(Cc2ccc(CNC(=O)C(N)C3CCOCC3)cc2)CC1. The van der Waals surface area contributed by atoms with Gasteiger partial charge >= 0.3 is 0 Å². The first-order chi connectivity index (χ1) is 12.6. The standard InChI is InChI=1S/C21H33N3O2/c1-16-6-10-24(11-7-16)15-18-4-2-17(3-5-18)14-23-21(25)20(22)19-8-12-26-13-9-19/h2-5,16,19-20H,6-15,22H2,1H3,(H,23,25). The van der Waals surface area contributed by atoms with E-state index < -0.39 is 6.04 Å². The van der Waals surface area contributed by atoms with Gasteiger partial charge in [-0.15, -0.1) is 0 Å². The molecule has 0 radical (unpaired) electrons. The van der Waals surface area contributed by atoms with Crippen molar-refractivity contribution in [3.63, 3.8) is 0 Å². The summed E-state index contributed by atoms with van der Waals surface area (Å²) in [6.07, 6.45) is 4.35. The van der Waals surface area contributed by atoms with E-state index in [4.69, 9.17) is 10.5 Å². The fraction of sp³-hybridized carbons (Fsp3) is 0.667. The van der Waals surface area contributed by atoms with Gasteiger partial charge in [-0.25, -0.2) is 0 Å². The van der Waals surface area contributed by atoms with Gasteiger partial charge in [-0.2, -0.15) is 0 Å². The van der Waals surface area contributed by atoms with Crippen LogP contribution >= 0.6 is 0 Å². The lowest BCUT2D eigenvalue weighted by Gasteiger charge is -2.30. The lowest BCUT2D eigenvalue weighted by Crippen LogP contribution is -2.46. The highest BCUT2D eigenvalue weighted by molar-refractivity contribution is 5.81. The molecule has 0 spiro atoms. The van der Waals surface area contributed by atoms with Crippen LogP contribution in [-0.4, -0.2) is 43.2 Å². The number of ether oxygens (including phenoxy) is 1. The zero-order valence-corrected chi connectivity index (χ0v) is 16.0. The Morgan fingerprint density at radius 2 is 1.77 bits per heavy atom. The van der Waals surface area contributed by atoms with Gasteiger partial charge in [0, 0.05) is 26.3 Å². The van der Waals surface area contributed by atoms with E-state index in [1.54, 1.807) is 0 Å². The van der Waals surface area contributed by atoms with Gasteiger partial charge in [0.15, 0.2) is 0 Å². The number of benzene rings is 1. The van der Waals surface area contributed by atoms with Crippen molar-refractivity contribution < 1.29 is 9.53 Å². The number of nitrogens with zero attached hydrogens (tertiary/aromatic N) is 1. The number of amides is 1. The zero-order valence-electron chi connectivity index (χ0n) is 16.0. The summed E-state index contributed by atoms with van der Waals surface area (Å²) in [7, 11) is 0. The van der Waals surface area contributed by atoms with Crippen LogP contribution in [-0.2, 0) is 22.6 Å². The van der Waals surface area contributed by atoms with Gasteiger partial charge in [-0.3, -0.25) is 9.69 Å². The number of likely N-dealkylation sites (tertiary alicyclic amines) is 1. The third-order valence-corrected chi connectivity index (χ3v) is 5.85. The highest BCUT2D eigenvalue weighted by Crippen LogP contribution is 2.19. The van der Waals surface area contributed by atoms with E-state index in [2.05, 4.69) is 41.4 Å². The lowest BCUT2D eigenvalue weighted by molar-refractivity contribution is -0.124. The molecule has 3 N–H and O–H groups in total. The largest absolute Gasteiger partial charge is 0.381 e. The summed E-state index contributed by atoms with van der Waals surface area (Å²) < 4.78 is 5.34. The summed E-state index contributed by atoms with van der Waals surface area (Å²) in [5.74, 6) is 1.05. The highest BCUT2D eigenvalue weighted by atomic mass is 16.5. The van der Waals surface area contributed by atoms with E-state index in [-0.39, 0.29) is 11.8 Å². The molecule has 1 amide bonds. The molecule has 2 aliphatic heterocycles. The molecule has 0 aromatic heterocycles. The molecular formula is C21H33N3O2. The van der Waals surface area contributed by atoms with Crippen molar-refractivity contribution in [1.29, 1.82) is 0 Å². The van der Waals surface area contributed by atoms with Crippen LogP contribution in [0.25, 0.3) is 0 Å². The van der Waals surface area contributed by atoms with Crippen LogP contribution in [0.2, 0.25) is 0 Å². The van der Waals surface area contributed by atoms with Crippen molar-refractivity contribution in [1.82, 2.24) is 10.2 Å². The number of nitrogens with one attached hydrogen (secondary N) is 1. The number of hydrogen-bond acceptors (Lipinski definition) is 4. The number of hydrogen-bond donors (Lipinski definition) is 2. The molecule has 3 rings (SSSR count). The summed E-state index contributed by atoms with van der Waals surface area (Å²) in [6.45, 7) is 7.72. The predicted molar refractivity (Wildman–Crippen MR) is 103 cm³/mol. The molecule has 26 heavy (non-hydrogen) atoms. The minimum absolute atomic E-state index is 0.0524. The normalized spacial score (nSPS) is 21.5. The monoisotopic (exact) mass is 359 g/mol. The van der Waals surface area contributed by atoms with Crippen LogP contribution in [0.1, 0.15) is 43.7 Å². The van der Waals surface area contributed by atoms with Crippen molar-refractivity contribution in [2.24, 2.45) is 17.6 Å². The second kappa shape index (κ2) is 9.49. The predicted octanol–water partition coefficient (Wildman–Crippen LogP) is 2.29. The first kappa shape index (κ1) is 19.3. The maximum absolute atomic E-state index is 12.3. The van der Waals surface area contributed by atoms with Crippen LogP contribution in [0.3, 0.4) is 0 Å². The Hall–Kier alpha value is -1.43. The van der Waals surface area contributed by atoms with E-state index in [1.807, 2.05) is 0 Å². The minimum Gasteiger partial charge on any atom is -0.381 e. The first-order valence-electron chi connectivity index (χ1n) is 10.0. The fourth-order valence-corrected chi connectivity index (χ4v) is 3.84. The second-order valence-electron chi connectivity index (χ2n) is 7.97. The van der Waals surface area contributed by atoms with Gasteiger partial charge in [-0.1, -0.05) is 31.2 Å². The molecule has 2 fully saturated rings. The molecule has 1 aromatic rings. The van der Waals surface area contributed by atoms with E-state index in [1.165, 1.54) is 31.5 Å². The van der Waals surface area contributed by atoms with Crippen molar-refractivity contribution >= 4 is 5.91 Å². The number of nitrogens with two attached hydrogens (primary N) is 1. The number of rotatable bonds is 6. The van der Waals surface area contributed by atoms with E-state index in [0.717, 1.165) is 30.9 Å². The smallest absolute Gasteiger partial charge is 0.237 e. The summed E-state index contributed by atoms with van der Waals surface area (Å²) in [4.78, 5) is 14.8. The topological polar surface area (TPSA) is 67.6 Å². The molecule has 1 atom stereocenters. The quantitative estimate of drug-likeness (QED) is 0.818. The van der Waals surface area contributed by atoms with E-state index in [9.17, 15) is 4.79 Å². The summed E-state index contributed by atoms with van der Waals surface area (Å²) in [6, 6.07) is 8.15. The van der Waals surface area contributed by atoms with Crippen molar-refractivity contribution in [2.45, 2.75) is 51.7 Å². The molecule has 2 saturated heterocycles. The molecule has 2 heterocycles. The number of piperidine rings is 1. The Balaban J connectivity index is 1.43. The maximum Gasteiger partial charge on any atom is 0.237 e. The van der Waals surface area contributed by atoms with Gasteiger partial charge in [0.05, 0.1) is 6.04 Å². The van der Waals surface area contributed by atoms with Crippen LogP contribution in [0, 0.1) is 11.8 Å². The van der Waals surface area contributed by atoms with Crippen LogP contribution < -0.4 is 11.1 Å². The Kier molecular flexibility index (Phi) is 7.06. The third kappa shape index (κ3) is 5.53. The second-order valence-corrected chi connectivity index (χ2v) is 7.97. The first-order valence-corrected chi connectivity index (χ1v) is 10.0. The van der Waals surface area contributed by atoms with Gasteiger partial charge < -0.3 is 15.8 Å². The third-order valence-electron chi connectivity index (χ3n) is 5.85. The number of carbonyl (C=O) groups excluding carboxylic acids is 1. The Labute approximate surface area is 157 Å². The highest BCUT2D eigenvalue weighted by Gasteiger charge is 2.26. The molecule has 5 heteroatoms. The molecular weight excluding hydrogens is 326 g/mol. The molecule has 0 aliphatic carbocycles. The Morgan fingerprint density at radius 3 is 2.42 bits per heavy atom. The summed E-state index contributed by atoms with van der Waals surface area (Å²) >= 11 is 0. The zero-order chi connectivity index (χ0) is 18.4. The summed E-state index contributed by atoms with van der Waals surface area (Å²) in [5.41, 5.74) is 8.58. The molecule has 1 aromatic carbocycles. The molecule has 144 valence electrons. The molecule has 2 aliphatic rings. The van der Waals surface area contributed by atoms with Crippen molar-refractivity contribution in [3.8, 4) is 0 Å². The van der Waals surface area contributed by atoms with Crippen molar-refractivity contribution in [3.05, 3.63) is 35.4 Å². The Bertz CT molecular complexity index is 561. The van der Waals surface area contributed by atoms with E-state index in [0.29, 0.717) is 19.8 Å². The van der Waals surface area contributed by atoms with Crippen molar-refractivity contribution in [2.75, 3.05) is 26.3 Å². The van der Waals surface area contributed by atoms with Gasteiger partial charge in [0.2, 0.25) is 5.91 Å². The van der Waals surface area contributed by atoms with Gasteiger partial charge in [0.1, 0.15) is 0 Å². The average molecular weight is 360 g/mol. The average Bonchev–Trinajstić information content (AvgIpc) is 2.69. The molecule has 0 saturated carbocycles. The van der Waals surface area contributed by atoms with Crippen LogP contribution in [0.4, 0.5) is 0 Å². The molecule has 1 unspecified atom stereocenters. The van der Waals surface area contributed by atoms with Gasteiger partial charge in [-0.05, 0) is 61.7 Å². The van der Waals surface area contributed by atoms with Gasteiger partial charge in [0.25, 0.3) is 0 Å². The van der Waals surface area contributed by atoms with E-state index >= 15 is 0 Å². The lowest BCUT2D eigenvalue weighted by atomic mass is 9.92.